The molecular formula is C17H37N3O. The standard InChI is InChI=1S/C17H37N3O/c1-13(2)19-17(7,15(18)21)11-9-10-12-20(8)14(3)16(4,5)6/h13-14,19H,9-12H2,1-8H3,(H2,18,21). The van der Waals surface area contributed by atoms with Crippen molar-refractivity contribution in [3.63, 3.8) is 0 Å². The third kappa shape index (κ3) is 7.28. The van der Waals surface area contributed by atoms with Crippen LogP contribution in [0.1, 0.15) is 67.7 Å². The van der Waals surface area contributed by atoms with Crippen molar-refractivity contribution in [1.29, 1.82) is 0 Å². The normalized spacial score (nSPS) is 17.0. The first kappa shape index (κ1) is 20.4. The average Bonchev–Trinajstić information content (AvgIpc) is 2.31. The van der Waals surface area contributed by atoms with Crippen LogP contribution in [-0.2, 0) is 4.79 Å². The highest BCUT2D eigenvalue weighted by Crippen LogP contribution is 2.23. The van der Waals surface area contributed by atoms with Crippen molar-refractivity contribution < 1.29 is 4.79 Å². The molecule has 0 bridgehead atoms. The zero-order valence-electron chi connectivity index (χ0n) is 15.4. The molecule has 0 aromatic rings. The summed E-state index contributed by atoms with van der Waals surface area (Å²) in [4.78, 5) is 14.1. The molecule has 0 aliphatic carbocycles. The van der Waals surface area contributed by atoms with Gasteiger partial charge < -0.3 is 16.0 Å². The molecule has 126 valence electrons. The highest BCUT2D eigenvalue weighted by Gasteiger charge is 2.31. The average molecular weight is 300 g/mol. The summed E-state index contributed by atoms with van der Waals surface area (Å²) in [5, 5.41) is 3.30. The Morgan fingerprint density at radius 3 is 2.05 bits per heavy atom. The molecule has 0 aliphatic heterocycles. The Morgan fingerprint density at radius 1 is 1.14 bits per heavy atom. The summed E-state index contributed by atoms with van der Waals surface area (Å²) in [6.45, 7) is 16.1. The quantitative estimate of drug-likeness (QED) is 0.644. The number of carbonyl (C=O) groups excluding carboxylic acids is 1. The highest BCUT2D eigenvalue weighted by atomic mass is 16.1. The van der Waals surface area contributed by atoms with E-state index in [1.807, 2.05) is 20.8 Å². The van der Waals surface area contributed by atoms with Crippen LogP contribution in [0.2, 0.25) is 0 Å². The Kier molecular flexibility index (Phi) is 7.90. The van der Waals surface area contributed by atoms with Gasteiger partial charge in [0.25, 0.3) is 0 Å². The first-order chi connectivity index (χ1) is 9.40. The Hall–Kier alpha value is -0.610. The van der Waals surface area contributed by atoms with E-state index in [4.69, 9.17) is 5.73 Å². The maximum Gasteiger partial charge on any atom is 0.237 e. The minimum Gasteiger partial charge on any atom is -0.368 e. The molecule has 2 unspecified atom stereocenters. The summed E-state index contributed by atoms with van der Waals surface area (Å²) in [6.07, 6.45) is 2.87. The topological polar surface area (TPSA) is 58.4 Å². The van der Waals surface area contributed by atoms with Crippen LogP contribution in [-0.4, -0.2) is 42.0 Å². The van der Waals surface area contributed by atoms with Gasteiger partial charge in [0.15, 0.2) is 0 Å². The van der Waals surface area contributed by atoms with Crippen LogP contribution in [0.4, 0.5) is 0 Å². The fraction of sp³-hybridized carbons (Fsp3) is 0.941. The van der Waals surface area contributed by atoms with E-state index in [0.29, 0.717) is 6.04 Å². The van der Waals surface area contributed by atoms with Gasteiger partial charge in [-0.1, -0.05) is 20.8 Å². The molecule has 0 rings (SSSR count). The summed E-state index contributed by atoms with van der Waals surface area (Å²) in [5.74, 6) is -0.257. The molecule has 2 atom stereocenters. The fourth-order valence-electron chi connectivity index (χ4n) is 2.60. The third-order valence-electron chi connectivity index (χ3n) is 4.50. The van der Waals surface area contributed by atoms with Gasteiger partial charge in [0, 0.05) is 12.1 Å². The van der Waals surface area contributed by atoms with Gasteiger partial charge in [-0.15, -0.1) is 0 Å². The smallest absolute Gasteiger partial charge is 0.237 e. The zero-order chi connectivity index (χ0) is 16.8. The zero-order valence-corrected chi connectivity index (χ0v) is 15.4. The molecule has 0 heterocycles. The SMILES string of the molecule is CC(C)NC(C)(CCCCN(C)C(C)C(C)(C)C)C(N)=O. The van der Waals surface area contributed by atoms with E-state index in [0.717, 1.165) is 25.8 Å². The van der Waals surface area contributed by atoms with Crippen molar-refractivity contribution in [2.24, 2.45) is 11.1 Å². The molecule has 0 aliphatic rings. The van der Waals surface area contributed by atoms with Gasteiger partial charge >= 0.3 is 0 Å². The van der Waals surface area contributed by atoms with Crippen molar-refractivity contribution in [2.75, 3.05) is 13.6 Å². The Balaban J connectivity index is 4.26. The van der Waals surface area contributed by atoms with E-state index in [1.165, 1.54) is 0 Å². The molecule has 4 nitrogen and oxygen atoms in total. The van der Waals surface area contributed by atoms with E-state index < -0.39 is 5.54 Å². The Bertz CT molecular complexity index is 322. The number of hydrogen-bond donors (Lipinski definition) is 2. The van der Waals surface area contributed by atoms with Crippen LogP contribution < -0.4 is 11.1 Å². The van der Waals surface area contributed by atoms with Gasteiger partial charge in [-0.3, -0.25) is 4.79 Å². The minimum atomic E-state index is -0.595. The molecule has 1 amide bonds. The number of rotatable bonds is 9. The number of unbranched alkanes of at least 4 members (excludes halogenated alkanes) is 1. The molecule has 4 heteroatoms. The summed E-state index contributed by atoms with van der Waals surface area (Å²) < 4.78 is 0. The van der Waals surface area contributed by atoms with E-state index in [9.17, 15) is 4.79 Å². The lowest BCUT2D eigenvalue weighted by atomic mass is 9.87. The monoisotopic (exact) mass is 299 g/mol. The first-order valence-corrected chi connectivity index (χ1v) is 8.18. The Labute approximate surface area is 131 Å². The van der Waals surface area contributed by atoms with Crippen LogP contribution in [0.5, 0.6) is 0 Å². The van der Waals surface area contributed by atoms with E-state index in [1.54, 1.807) is 0 Å². The molecule has 0 radical (unpaired) electrons. The lowest BCUT2D eigenvalue weighted by Gasteiger charge is -2.35. The lowest BCUT2D eigenvalue weighted by Crippen LogP contribution is -2.55. The van der Waals surface area contributed by atoms with Crippen LogP contribution in [0.25, 0.3) is 0 Å². The summed E-state index contributed by atoms with van der Waals surface area (Å²) in [7, 11) is 2.18. The molecule has 0 fully saturated rings. The second-order valence-electron chi connectivity index (χ2n) is 7.98. The van der Waals surface area contributed by atoms with E-state index in [-0.39, 0.29) is 17.4 Å². The molecular weight excluding hydrogens is 262 g/mol. The number of hydrogen-bond acceptors (Lipinski definition) is 3. The number of nitrogens with one attached hydrogen (secondary N) is 1. The molecule has 0 spiro atoms. The second-order valence-corrected chi connectivity index (χ2v) is 7.98. The van der Waals surface area contributed by atoms with Crippen molar-refractivity contribution in [2.45, 2.75) is 85.4 Å². The number of nitrogens with two attached hydrogens (primary N) is 1. The van der Waals surface area contributed by atoms with Crippen LogP contribution in [0.3, 0.4) is 0 Å². The van der Waals surface area contributed by atoms with Crippen molar-refractivity contribution in [3.05, 3.63) is 0 Å². The minimum absolute atomic E-state index is 0.256. The van der Waals surface area contributed by atoms with Gasteiger partial charge in [-0.25, -0.2) is 0 Å². The maximum absolute atomic E-state index is 11.7. The van der Waals surface area contributed by atoms with Crippen LogP contribution in [0.15, 0.2) is 0 Å². The van der Waals surface area contributed by atoms with Crippen molar-refractivity contribution >= 4 is 5.91 Å². The number of amides is 1. The van der Waals surface area contributed by atoms with Crippen LogP contribution in [0, 0.1) is 5.41 Å². The summed E-state index contributed by atoms with van der Waals surface area (Å²) in [5.41, 5.74) is 5.25. The molecule has 21 heavy (non-hydrogen) atoms. The molecule has 0 aromatic carbocycles. The van der Waals surface area contributed by atoms with E-state index >= 15 is 0 Å². The summed E-state index contributed by atoms with van der Waals surface area (Å²) in [6, 6.07) is 0.792. The maximum atomic E-state index is 11.7. The van der Waals surface area contributed by atoms with Crippen LogP contribution >= 0.6 is 0 Å². The number of carbonyl (C=O) groups is 1. The van der Waals surface area contributed by atoms with Crippen molar-refractivity contribution in [1.82, 2.24) is 10.2 Å². The van der Waals surface area contributed by atoms with Gasteiger partial charge in [0.05, 0.1) is 5.54 Å². The fourth-order valence-corrected chi connectivity index (χ4v) is 2.60. The van der Waals surface area contributed by atoms with Gasteiger partial charge in [0.1, 0.15) is 0 Å². The van der Waals surface area contributed by atoms with E-state index in [2.05, 4.69) is 45.0 Å². The molecule has 0 saturated carbocycles. The molecule has 0 aromatic heterocycles. The lowest BCUT2D eigenvalue weighted by molar-refractivity contribution is -0.124. The van der Waals surface area contributed by atoms with Gasteiger partial charge in [-0.2, -0.15) is 0 Å². The largest absolute Gasteiger partial charge is 0.368 e. The highest BCUT2D eigenvalue weighted by molar-refractivity contribution is 5.84. The molecule has 0 saturated heterocycles. The number of primary amides is 1. The first-order valence-electron chi connectivity index (χ1n) is 8.18. The van der Waals surface area contributed by atoms with Gasteiger partial charge in [-0.05, 0) is 66.0 Å². The Morgan fingerprint density at radius 2 is 1.67 bits per heavy atom. The van der Waals surface area contributed by atoms with Crippen molar-refractivity contribution in [3.8, 4) is 0 Å². The predicted molar refractivity (Wildman–Crippen MR) is 91.3 cm³/mol. The number of nitrogens with zero attached hydrogens (tertiary/aromatic N) is 1. The summed E-state index contributed by atoms with van der Waals surface area (Å²) >= 11 is 0. The van der Waals surface area contributed by atoms with Gasteiger partial charge in [0.2, 0.25) is 5.91 Å². The predicted octanol–water partition coefficient (Wildman–Crippen LogP) is 2.77. The second kappa shape index (κ2) is 8.14. The third-order valence-corrected chi connectivity index (χ3v) is 4.50. The molecule has 3 N–H and O–H groups in total.